The fourth-order valence-electron chi connectivity index (χ4n) is 2.08. The van der Waals surface area contributed by atoms with Crippen molar-refractivity contribution in [3.8, 4) is 0 Å². The Kier molecular flexibility index (Phi) is 7.71. The number of benzene rings is 1. The predicted molar refractivity (Wildman–Crippen MR) is 94.9 cm³/mol. The van der Waals surface area contributed by atoms with Crippen molar-refractivity contribution in [1.29, 1.82) is 0 Å². The van der Waals surface area contributed by atoms with Crippen molar-refractivity contribution in [3.63, 3.8) is 0 Å². The highest BCUT2D eigenvalue weighted by Gasteiger charge is 2.11. The first-order valence-corrected chi connectivity index (χ1v) is 8.56. The van der Waals surface area contributed by atoms with E-state index >= 15 is 0 Å². The monoisotopic (exact) mass is 356 g/mol. The van der Waals surface area contributed by atoms with Crippen LogP contribution in [0.2, 0.25) is 0 Å². The largest absolute Gasteiger partial charge is 0.395 e. The molecule has 0 unspecified atom stereocenters. The number of anilines is 1. The lowest BCUT2D eigenvalue weighted by Crippen LogP contribution is -2.35. The topological polar surface area (TPSA) is 35.5 Å². The Hall–Kier alpha value is -0.580. The molecule has 1 aromatic rings. The normalized spacial score (nSPS) is 11.7. The molecule has 1 aromatic carbocycles. The molecule has 0 radical (unpaired) electrons. The quantitative estimate of drug-likeness (QED) is 0.740. The molecule has 0 atom stereocenters. The SMILES string of the molecule is CCCCN(CCO)c1ccc(CNC(C)(C)C)c(Br)c1. The number of rotatable bonds is 8. The molecule has 0 saturated carbocycles. The van der Waals surface area contributed by atoms with Gasteiger partial charge in [0.2, 0.25) is 0 Å². The molecule has 3 nitrogen and oxygen atoms in total. The minimum atomic E-state index is 0.113. The summed E-state index contributed by atoms with van der Waals surface area (Å²) < 4.78 is 1.12. The molecular weight excluding hydrogens is 328 g/mol. The Morgan fingerprint density at radius 3 is 2.48 bits per heavy atom. The van der Waals surface area contributed by atoms with Gasteiger partial charge in [0.05, 0.1) is 6.61 Å². The van der Waals surface area contributed by atoms with Crippen molar-refractivity contribution in [1.82, 2.24) is 5.32 Å². The zero-order valence-electron chi connectivity index (χ0n) is 13.7. The lowest BCUT2D eigenvalue weighted by Gasteiger charge is -2.25. The van der Waals surface area contributed by atoms with E-state index in [1.54, 1.807) is 0 Å². The molecule has 0 aliphatic heterocycles. The Balaban J connectivity index is 2.78. The summed E-state index contributed by atoms with van der Waals surface area (Å²) in [7, 11) is 0. The fraction of sp³-hybridized carbons (Fsp3) is 0.647. The highest BCUT2D eigenvalue weighted by molar-refractivity contribution is 9.10. The smallest absolute Gasteiger partial charge is 0.0606 e. The summed E-state index contributed by atoms with van der Waals surface area (Å²) in [5, 5.41) is 12.7. The van der Waals surface area contributed by atoms with Gasteiger partial charge in [-0.25, -0.2) is 0 Å². The van der Waals surface area contributed by atoms with E-state index in [0.717, 1.165) is 30.4 Å². The van der Waals surface area contributed by atoms with Crippen LogP contribution in [0.5, 0.6) is 0 Å². The van der Waals surface area contributed by atoms with Crippen LogP contribution >= 0.6 is 15.9 Å². The third kappa shape index (κ3) is 6.81. The number of hydrogen-bond acceptors (Lipinski definition) is 3. The van der Waals surface area contributed by atoms with Crippen molar-refractivity contribution >= 4 is 21.6 Å². The lowest BCUT2D eigenvalue weighted by molar-refractivity contribution is 0.301. The van der Waals surface area contributed by atoms with Gasteiger partial charge in [0, 0.05) is 35.3 Å². The van der Waals surface area contributed by atoms with Gasteiger partial charge in [-0.15, -0.1) is 0 Å². The van der Waals surface area contributed by atoms with Gasteiger partial charge in [-0.05, 0) is 44.9 Å². The number of unbranched alkanes of at least 4 members (excludes halogenated alkanes) is 1. The minimum absolute atomic E-state index is 0.113. The van der Waals surface area contributed by atoms with Gasteiger partial charge in [0.15, 0.2) is 0 Å². The molecular formula is C17H29BrN2O. The van der Waals surface area contributed by atoms with Crippen LogP contribution in [0.15, 0.2) is 22.7 Å². The molecule has 0 saturated heterocycles. The minimum Gasteiger partial charge on any atom is -0.395 e. The van der Waals surface area contributed by atoms with Crippen LogP contribution in [0.1, 0.15) is 46.1 Å². The van der Waals surface area contributed by atoms with E-state index in [1.807, 2.05) is 0 Å². The Morgan fingerprint density at radius 1 is 1.24 bits per heavy atom. The highest BCUT2D eigenvalue weighted by Crippen LogP contribution is 2.25. The summed E-state index contributed by atoms with van der Waals surface area (Å²) in [5.74, 6) is 0. The zero-order valence-corrected chi connectivity index (χ0v) is 15.3. The summed E-state index contributed by atoms with van der Waals surface area (Å²) in [6.07, 6.45) is 2.31. The van der Waals surface area contributed by atoms with Crippen LogP contribution in [0.4, 0.5) is 5.69 Å². The van der Waals surface area contributed by atoms with Crippen molar-refractivity contribution in [3.05, 3.63) is 28.2 Å². The fourth-order valence-corrected chi connectivity index (χ4v) is 2.58. The van der Waals surface area contributed by atoms with E-state index in [9.17, 15) is 5.11 Å². The molecule has 0 aliphatic carbocycles. The molecule has 21 heavy (non-hydrogen) atoms. The van der Waals surface area contributed by atoms with Gasteiger partial charge >= 0.3 is 0 Å². The maximum absolute atomic E-state index is 9.23. The van der Waals surface area contributed by atoms with Crippen molar-refractivity contribution in [2.45, 2.75) is 52.6 Å². The van der Waals surface area contributed by atoms with Gasteiger partial charge in [-0.1, -0.05) is 35.3 Å². The van der Waals surface area contributed by atoms with E-state index in [-0.39, 0.29) is 12.1 Å². The van der Waals surface area contributed by atoms with Gasteiger partial charge in [0.1, 0.15) is 0 Å². The first-order valence-electron chi connectivity index (χ1n) is 7.76. The van der Waals surface area contributed by atoms with Crippen molar-refractivity contribution in [2.24, 2.45) is 0 Å². The van der Waals surface area contributed by atoms with Gasteiger partial charge < -0.3 is 15.3 Å². The summed E-state index contributed by atoms with van der Waals surface area (Å²) >= 11 is 3.67. The molecule has 0 heterocycles. The molecule has 0 aromatic heterocycles. The second-order valence-electron chi connectivity index (χ2n) is 6.44. The summed E-state index contributed by atoms with van der Waals surface area (Å²) in [6.45, 7) is 11.4. The summed E-state index contributed by atoms with van der Waals surface area (Å²) in [4.78, 5) is 2.25. The van der Waals surface area contributed by atoms with E-state index < -0.39 is 0 Å². The van der Waals surface area contributed by atoms with E-state index in [4.69, 9.17) is 0 Å². The molecule has 0 fully saturated rings. The maximum Gasteiger partial charge on any atom is 0.0606 e. The number of hydrogen-bond donors (Lipinski definition) is 2. The maximum atomic E-state index is 9.23. The Labute approximate surface area is 137 Å². The zero-order chi connectivity index (χ0) is 15.9. The van der Waals surface area contributed by atoms with Gasteiger partial charge in [-0.2, -0.15) is 0 Å². The number of aliphatic hydroxyl groups excluding tert-OH is 1. The Morgan fingerprint density at radius 2 is 1.95 bits per heavy atom. The molecule has 4 heteroatoms. The molecule has 0 bridgehead atoms. The third-order valence-electron chi connectivity index (χ3n) is 3.36. The molecule has 0 spiro atoms. The van der Waals surface area contributed by atoms with E-state index in [2.05, 4.69) is 72.0 Å². The van der Waals surface area contributed by atoms with Crippen LogP contribution in [-0.4, -0.2) is 30.3 Å². The van der Waals surface area contributed by atoms with Crippen molar-refractivity contribution in [2.75, 3.05) is 24.6 Å². The highest BCUT2D eigenvalue weighted by atomic mass is 79.9. The number of nitrogens with zero attached hydrogens (tertiary/aromatic N) is 1. The van der Waals surface area contributed by atoms with Crippen LogP contribution in [0.25, 0.3) is 0 Å². The van der Waals surface area contributed by atoms with Gasteiger partial charge in [-0.3, -0.25) is 0 Å². The number of nitrogens with one attached hydrogen (secondary N) is 1. The number of halogens is 1. The number of aliphatic hydroxyl groups is 1. The average Bonchev–Trinajstić information content (AvgIpc) is 2.41. The lowest BCUT2D eigenvalue weighted by atomic mass is 10.1. The van der Waals surface area contributed by atoms with E-state index in [1.165, 1.54) is 11.3 Å². The molecule has 0 amide bonds. The second-order valence-corrected chi connectivity index (χ2v) is 7.30. The van der Waals surface area contributed by atoms with Crippen LogP contribution in [-0.2, 0) is 6.54 Å². The average molecular weight is 357 g/mol. The molecule has 1 rings (SSSR count). The second kappa shape index (κ2) is 8.76. The van der Waals surface area contributed by atoms with E-state index in [0.29, 0.717) is 6.54 Å². The molecule has 120 valence electrons. The third-order valence-corrected chi connectivity index (χ3v) is 4.10. The summed E-state index contributed by atoms with van der Waals surface area (Å²) in [6, 6.07) is 6.47. The Bertz CT molecular complexity index is 429. The van der Waals surface area contributed by atoms with Crippen molar-refractivity contribution < 1.29 is 5.11 Å². The van der Waals surface area contributed by atoms with Crippen LogP contribution in [0, 0.1) is 0 Å². The molecule has 0 aliphatic rings. The molecule has 2 N–H and O–H groups in total. The van der Waals surface area contributed by atoms with Crippen LogP contribution in [0.3, 0.4) is 0 Å². The van der Waals surface area contributed by atoms with Gasteiger partial charge in [0.25, 0.3) is 0 Å². The van der Waals surface area contributed by atoms with Crippen LogP contribution < -0.4 is 10.2 Å². The first kappa shape index (κ1) is 18.5. The summed E-state index contributed by atoms with van der Waals surface area (Å²) in [5.41, 5.74) is 2.54. The predicted octanol–water partition coefficient (Wildman–Crippen LogP) is 3.94. The first-order chi connectivity index (χ1) is 9.87. The standard InChI is InChI=1S/C17H29BrN2O/c1-5-6-9-20(10-11-21)15-8-7-14(16(18)12-15)13-19-17(2,3)4/h7-8,12,19,21H,5-6,9-11,13H2,1-4H3.